The fourth-order valence-corrected chi connectivity index (χ4v) is 3.35. The van der Waals surface area contributed by atoms with Crippen LogP contribution in [-0.2, 0) is 6.54 Å². The molecule has 114 valence electrons. The fraction of sp³-hybridized carbons (Fsp3) is 0.444. The molecule has 0 aliphatic carbocycles. The molecule has 1 N–H and O–H groups in total. The van der Waals surface area contributed by atoms with Gasteiger partial charge in [-0.1, -0.05) is 31.2 Å². The van der Waals surface area contributed by atoms with Crippen molar-refractivity contribution in [3.05, 3.63) is 52.2 Å². The third kappa shape index (κ3) is 4.08. The highest BCUT2D eigenvalue weighted by Crippen LogP contribution is 2.29. The Morgan fingerprint density at radius 2 is 1.86 bits per heavy atom. The molecule has 0 radical (unpaired) electrons. The quantitative estimate of drug-likeness (QED) is 0.788. The lowest BCUT2D eigenvalue weighted by Crippen LogP contribution is -2.32. The maximum absolute atomic E-state index is 3.53. The average molecular weight is 302 g/mol. The van der Waals surface area contributed by atoms with Gasteiger partial charge in [0.1, 0.15) is 0 Å². The first-order valence-electron chi connectivity index (χ1n) is 7.74. The van der Waals surface area contributed by atoms with Gasteiger partial charge in [0, 0.05) is 22.6 Å². The van der Waals surface area contributed by atoms with Crippen LogP contribution in [0, 0.1) is 0 Å². The minimum Gasteiger partial charge on any atom is -0.364 e. The third-order valence-electron chi connectivity index (χ3n) is 3.75. The molecular weight excluding hydrogens is 276 g/mol. The highest BCUT2D eigenvalue weighted by Gasteiger charge is 2.17. The summed E-state index contributed by atoms with van der Waals surface area (Å²) in [7, 11) is 0. The first-order valence-corrected chi connectivity index (χ1v) is 8.62. The van der Waals surface area contributed by atoms with E-state index >= 15 is 0 Å². The number of hydrogen-bond donors (Lipinski definition) is 1. The Labute approximate surface area is 132 Å². The Morgan fingerprint density at radius 3 is 2.48 bits per heavy atom. The molecule has 0 fully saturated rings. The highest BCUT2D eigenvalue weighted by molar-refractivity contribution is 7.09. The van der Waals surface area contributed by atoms with Gasteiger partial charge >= 0.3 is 0 Å². The second-order valence-corrected chi connectivity index (χ2v) is 6.67. The maximum atomic E-state index is 3.53. The molecular formula is C18H26N2S. The molecule has 3 heteroatoms. The summed E-state index contributed by atoms with van der Waals surface area (Å²) < 4.78 is 0. The van der Waals surface area contributed by atoms with Crippen molar-refractivity contribution in [1.82, 2.24) is 5.32 Å². The number of nitrogens with zero attached hydrogens (tertiary/aromatic N) is 1. The van der Waals surface area contributed by atoms with Gasteiger partial charge in [-0.05, 0) is 50.4 Å². The Balaban J connectivity index is 2.31. The third-order valence-corrected chi connectivity index (χ3v) is 4.61. The van der Waals surface area contributed by atoms with Crippen LogP contribution in [0.4, 0.5) is 5.69 Å². The molecule has 0 spiro atoms. The highest BCUT2D eigenvalue weighted by atomic mass is 32.1. The number of nitrogens with one attached hydrogen (secondary N) is 1. The molecule has 2 rings (SSSR count). The van der Waals surface area contributed by atoms with E-state index in [2.05, 4.69) is 79.7 Å². The Hall–Kier alpha value is -1.32. The average Bonchev–Trinajstić information content (AvgIpc) is 2.98. The molecule has 0 aliphatic rings. The first-order chi connectivity index (χ1) is 10.1. The largest absolute Gasteiger partial charge is 0.364 e. The smallest absolute Gasteiger partial charge is 0.0525 e. The Bertz CT molecular complexity index is 534. The monoisotopic (exact) mass is 302 g/mol. The summed E-state index contributed by atoms with van der Waals surface area (Å²) in [6.07, 6.45) is 0. The number of anilines is 1. The van der Waals surface area contributed by atoms with Crippen molar-refractivity contribution in [1.29, 1.82) is 0 Å². The van der Waals surface area contributed by atoms with Gasteiger partial charge < -0.3 is 10.2 Å². The van der Waals surface area contributed by atoms with Crippen LogP contribution in [0.1, 0.15) is 44.2 Å². The van der Waals surface area contributed by atoms with Crippen LogP contribution in [0.25, 0.3) is 0 Å². The SMILES string of the molecule is CCNC(C)c1ccccc1N(Cc1cccs1)C(C)C. The molecule has 0 saturated heterocycles. The summed E-state index contributed by atoms with van der Waals surface area (Å²) in [6, 6.07) is 14.0. The van der Waals surface area contributed by atoms with E-state index in [0.29, 0.717) is 12.1 Å². The zero-order valence-electron chi connectivity index (χ0n) is 13.5. The van der Waals surface area contributed by atoms with Crippen molar-refractivity contribution in [2.24, 2.45) is 0 Å². The summed E-state index contributed by atoms with van der Waals surface area (Å²) in [4.78, 5) is 3.91. The number of hydrogen-bond acceptors (Lipinski definition) is 3. The van der Waals surface area contributed by atoms with Gasteiger partial charge in [0.25, 0.3) is 0 Å². The van der Waals surface area contributed by atoms with Gasteiger partial charge in [-0.2, -0.15) is 0 Å². The van der Waals surface area contributed by atoms with Crippen molar-refractivity contribution in [3.8, 4) is 0 Å². The zero-order chi connectivity index (χ0) is 15.2. The van der Waals surface area contributed by atoms with Crippen LogP contribution in [0.5, 0.6) is 0 Å². The van der Waals surface area contributed by atoms with E-state index in [1.165, 1.54) is 16.1 Å². The van der Waals surface area contributed by atoms with E-state index in [0.717, 1.165) is 13.1 Å². The zero-order valence-corrected chi connectivity index (χ0v) is 14.3. The predicted molar refractivity (Wildman–Crippen MR) is 94.2 cm³/mol. The van der Waals surface area contributed by atoms with Crippen molar-refractivity contribution in [2.45, 2.75) is 46.3 Å². The van der Waals surface area contributed by atoms with Gasteiger partial charge in [-0.25, -0.2) is 0 Å². The Morgan fingerprint density at radius 1 is 1.10 bits per heavy atom. The van der Waals surface area contributed by atoms with Crippen LogP contribution < -0.4 is 10.2 Å². The predicted octanol–water partition coefficient (Wildman–Crippen LogP) is 4.83. The summed E-state index contributed by atoms with van der Waals surface area (Å²) in [5.41, 5.74) is 2.72. The second kappa shape index (κ2) is 7.62. The molecule has 2 nitrogen and oxygen atoms in total. The minimum absolute atomic E-state index is 0.371. The lowest BCUT2D eigenvalue weighted by Gasteiger charge is -2.32. The number of para-hydroxylation sites is 1. The second-order valence-electron chi connectivity index (χ2n) is 5.64. The van der Waals surface area contributed by atoms with Gasteiger partial charge in [0.2, 0.25) is 0 Å². The van der Waals surface area contributed by atoms with E-state index in [4.69, 9.17) is 0 Å². The molecule has 2 aromatic rings. The van der Waals surface area contributed by atoms with Gasteiger partial charge in [-0.3, -0.25) is 0 Å². The van der Waals surface area contributed by atoms with Crippen molar-refractivity contribution < 1.29 is 0 Å². The van der Waals surface area contributed by atoms with E-state index < -0.39 is 0 Å². The molecule has 1 aromatic carbocycles. The van der Waals surface area contributed by atoms with Gasteiger partial charge in [0.15, 0.2) is 0 Å². The van der Waals surface area contributed by atoms with Crippen LogP contribution in [0.15, 0.2) is 41.8 Å². The van der Waals surface area contributed by atoms with Gasteiger partial charge in [0.05, 0.1) is 6.54 Å². The number of benzene rings is 1. The van der Waals surface area contributed by atoms with Crippen LogP contribution in [0.2, 0.25) is 0 Å². The molecule has 21 heavy (non-hydrogen) atoms. The van der Waals surface area contributed by atoms with Crippen molar-refractivity contribution in [3.63, 3.8) is 0 Å². The standard InChI is InChI=1S/C18H26N2S/c1-5-19-15(4)17-10-6-7-11-18(17)20(14(2)3)13-16-9-8-12-21-16/h6-12,14-15,19H,5,13H2,1-4H3. The van der Waals surface area contributed by atoms with E-state index in [9.17, 15) is 0 Å². The topological polar surface area (TPSA) is 15.3 Å². The summed E-state index contributed by atoms with van der Waals surface area (Å²) in [6.45, 7) is 10.9. The normalized spacial score (nSPS) is 12.6. The molecule has 1 heterocycles. The van der Waals surface area contributed by atoms with Crippen molar-refractivity contribution in [2.75, 3.05) is 11.4 Å². The molecule has 1 unspecified atom stereocenters. The molecule has 0 saturated carbocycles. The van der Waals surface area contributed by atoms with Crippen molar-refractivity contribution >= 4 is 17.0 Å². The molecule has 1 aromatic heterocycles. The molecule has 0 amide bonds. The first kappa shape index (κ1) is 16.1. The molecule has 1 atom stereocenters. The lowest BCUT2D eigenvalue weighted by atomic mass is 10.0. The van der Waals surface area contributed by atoms with E-state index in [1.807, 2.05) is 11.3 Å². The van der Waals surface area contributed by atoms with E-state index in [-0.39, 0.29) is 0 Å². The number of rotatable bonds is 7. The summed E-state index contributed by atoms with van der Waals surface area (Å²) in [5.74, 6) is 0. The summed E-state index contributed by atoms with van der Waals surface area (Å²) >= 11 is 1.83. The minimum atomic E-state index is 0.371. The maximum Gasteiger partial charge on any atom is 0.0525 e. The van der Waals surface area contributed by atoms with Gasteiger partial charge in [-0.15, -0.1) is 11.3 Å². The summed E-state index contributed by atoms with van der Waals surface area (Å²) in [5, 5.41) is 5.68. The Kier molecular flexibility index (Phi) is 5.83. The van der Waals surface area contributed by atoms with Crippen LogP contribution >= 0.6 is 11.3 Å². The van der Waals surface area contributed by atoms with E-state index in [1.54, 1.807) is 0 Å². The lowest BCUT2D eigenvalue weighted by molar-refractivity contribution is 0.590. The van der Waals surface area contributed by atoms with Crippen LogP contribution in [0.3, 0.4) is 0 Å². The molecule has 0 aliphatic heterocycles. The van der Waals surface area contributed by atoms with Crippen LogP contribution in [-0.4, -0.2) is 12.6 Å². The number of thiophene rings is 1. The fourth-order valence-electron chi connectivity index (χ4n) is 2.65. The molecule has 0 bridgehead atoms.